The molecule has 0 radical (unpaired) electrons. The number of morpholine rings is 1. The van der Waals surface area contributed by atoms with Crippen molar-refractivity contribution in [3.05, 3.63) is 60.2 Å². The van der Waals surface area contributed by atoms with E-state index in [1.807, 2.05) is 54.6 Å². The summed E-state index contributed by atoms with van der Waals surface area (Å²) in [7, 11) is 1.61. The van der Waals surface area contributed by atoms with Crippen molar-refractivity contribution in [2.45, 2.75) is 12.2 Å². The number of benzene rings is 2. The van der Waals surface area contributed by atoms with Crippen molar-refractivity contribution in [3.63, 3.8) is 0 Å². The fourth-order valence-electron chi connectivity index (χ4n) is 2.56. The zero-order valence-electron chi connectivity index (χ0n) is 12.9. The summed E-state index contributed by atoms with van der Waals surface area (Å²) in [6, 6.07) is 17.3. The molecule has 1 saturated heterocycles. The zero-order chi connectivity index (χ0) is 16.1. The molecule has 0 saturated carbocycles. The van der Waals surface area contributed by atoms with Gasteiger partial charge < -0.3 is 19.5 Å². The van der Waals surface area contributed by atoms with Gasteiger partial charge in [0.05, 0.1) is 7.11 Å². The summed E-state index contributed by atoms with van der Waals surface area (Å²) in [6.45, 7) is 0.455. The van der Waals surface area contributed by atoms with E-state index in [-0.39, 0.29) is 24.7 Å². The molecule has 0 aliphatic carbocycles. The second kappa shape index (κ2) is 7.15. The molecule has 5 nitrogen and oxygen atoms in total. The van der Waals surface area contributed by atoms with Crippen LogP contribution in [0.1, 0.15) is 11.7 Å². The maximum absolute atomic E-state index is 11.3. The van der Waals surface area contributed by atoms with Crippen LogP contribution in [0.3, 0.4) is 0 Å². The van der Waals surface area contributed by atoms with E-state index in [4.69, 9.17) is 14.2 Å². The highest BCUT2D eigenvalue weighted by atomic mass is 16.6. The molecule has 1 N–H and O–H groups in total. The highest BCUT2D eigenvalue weighted by Gasteiger charge is 2.30. The van der Waals surface area contributed by atoms with Crippen LogP contribution in [0.5, 0.6) is 11.5 Å². The minimum absolute atomic E-state index is 0.0449. The van der Waals surface area contributed by atoms with Crippen molar-refractivity contribution in [1.82, 2.24) is 5.32 Å². The van der Waals surface area contributed by atoms with Crippen LogP contribution in [0.4, 0.5) is 0 Å². The molecule has 3 rings (SSSR count). The van der Waals surface area contributed by atoms with Gasteiger partial charge in [-0.15, -0.1) is 0 Å². The van der Waals surface area contributed by atoms with E-state index in [0.717, 1.165) is 5.56 Å². The number of methoxy groups -OCH3 is 1. The minimum Gasteiger partial charge on any atom is -0.493 e. The summed E-state index contributed by atoms with van der Waals surface area (Å²) in [5, 5.41) is 2.82. The number of amides is 1. The van der Waals surface area contributed by atoms with Gasteiger partial charge in [0.1, 0.15) is 12.7 Å². The lowest BCUT2D eigenvalue weighted by Gasteiger charge is -2.31. The van der Waals surface area contributed by atoms with E-state index in [0.29, 0.717) is 18.0 Å². The average molecular weight is 313 g/mol. The van der Waals surface area contributed by atoms with Crippen molar-refractivity contribution in [3.8, 4) is 11.5 Å². The Labute approximate surface area is 135 Å². The fourth-order valence-corrected chi connectivity index (χ4v) is 2.56. The van der Waals surface area contributed by atoms with E-state index < -0.39 is 0 Å². The predicted octanol–water partition coefficient (Wildman–Crippen LogP) is 2.33. The number of ether oxygens (including phenoxy) is 3. The van der Waals surface area contributed by atoms with Crippen molar-refractivity contribution < 1.29 is 19.0 Å². The fraction of sp³-hybridized carbons (Fsp3) is 0.278. The molecule has 120 valence electrons. The molecule has 1 heterocycles. The third kappa shape index (κ3) is 3.63. The molecule has 1 fully saturated rings. The molecule has 2 aromatic carbocycles. The first-order chi connectivity index (χ1) is 11.3. The third-order valence-electron chi connectivity index (χ3n) is 3.72. The summed E-state index contributed by atoms with van der Waals surface area (Å²) in [5.74, 6) is 1.20. The SMILES string of the molecule is COc1ccccc1O[C@H](c1ccccc1)[C@H]1CNC(=O)CO1. The van der Waals surface area contributed by atoms with Crippen LogP contribution < -0.4 is 14.8 Å². The Morgan fingerprint density at radius 3 is 2.43 bits per heavy atom. The van der Waals surface area contributed by atoms with Crippen LogP contribution in [0.2, 0.25) is 0 Å². The van der Waals surface area contributed by atoms with E-state index in [2.05, 4.69) is 5.32 Å². The number of hydrogen-bond acceptors (Lipinski definition) is 4. The first-order valence-electron chi connectivity index (χ1n) is 7.51. The van der Waals surface area contributed by atoms with E-state index >= 15 is 0 Å². The van der Waals surface area contributed by atoms with Crippen molar-refractivity contribution in [2.24, 2.45) is 0 Å². The maximum atomic E-state index is 11.3. The first-order valence-corrected chi connectivity index (χ1v) is 7.51. The monoisotopic (exact) mass is 313 g/mol. The molecule has 23 heavy (non-hydrogen) atoms. The molecule has 0 bridgehead atoms. The standard InChI is InChI=1S/C18H19NO4/c1-21-14-9-5-6-10-15(14)23-18(13-7-3-2-4-8-13)16-11-19-17(20)12-22-16/h2-10,16,18H,11-12H2,1H3,(H,19,20)/t16-,18-/m1/s1. The van der Waals surface area contributed by atoms with Gasteiger partial charge in [0.2, 0.25) is 5.91 Å². The van der Waals surface area contributed by atoms with Gasteiger partial charge in [-0.3, -0.25) is 4.79 Å². The number of hydrogen-bond donors (Lipinski definition) is 1. The first kappa shape index (κ1) is 15.4. The molecule has 1 aliphatic rings. The summed E-state index contributed by atoms with van der Waals surface area (Å²) in [4.78, 5) is 11.3. The Morgan fingerprint density at radius 1 is 1.09 bits per heavy atom. The third-order valence-corrected chi connectivity index (χ3v) is 3.72. The molecule has 1 amide bonds. The number of rotatable bonds is 5. The maximum Gasteiger partial charge on any atom is 0.246 e. The summed E-state index contributed by atoms with van der Waals surface area (Å²) in [5.41, 5.74) is 0.986. The molecular weight excluding hydrogens is 294 g/mol. The Morgan fingerprint density at radius 2 is 1.78 bits per heavy atom. The van der Waals surface area contributed by atoms with Gasteiger partial charge in [-0.1, -0.05) is 42.5 Å². The second-order valence-electron chi connectivity index (χ2n) is 5.25. The number of carbonyl (C=O) groups excluding carboxylic acids is 1. The smallest absolute Gasteiger partial charge is 0.246 e. The number of para-hydroxylation sites is 2. The van der Waals surface area contributed by atoms with E-state index in [1.54, 1.807) is 7.11 Å². The second-order valence-corrected chi connectivity index (χ2v) is 5.25. The van der Waals surface area contributed by atoms with Gasteiger partial charge in [0.25, 0.3) is 0 Å². The van der Waals surface area contributed by atoms with Crippen LogP contribution in [-0.4, -0.2) is 32.3 Å². The van der Waals surface area contributed by atoms with Crippen LogP contribution in [0, 0.1) is 0 Å². The van der Waals surface area contributed by atoms with Gasteiger partial charge in [0.15, 0.2) is 17.6 Å². The van der Waals surface area contributed by atoms with Crippen molar-refractivity contribution in [1.29, 1.82) is 0 Å². The predicted molar refractivity (Wildman–Crippen MR) is 85.6 cm³/mol. The number of carbonyl (C=O) groups is 1. The van der Waals surface area contributed by atoms with Crippen molar-refractivity contribution >= 4 is 5.91 Å². The van der Waals surface area contributed by atoms with Crippen LogP contribution >= 0.6 is 0 Å². The van der Waals surface area contributed by atoms with Crippen molar-refractivity contribution in [2.75, 3.05) is 20.3 Å². The summed E-state index contributed by atoms with van der Waals surface area (Å²) in [6.07, 6.45) is -0.604. The molecular formula is C18H19NO4. The van der Waals surface area contributed by atoms with E-state index in [9.17, 15) is 4.79 Å². The Hall–Kier alpha value is -2.53. The van der Waals surface area contributed by atoms with Gasteiger partial charge in [-0.05, 0) is 17.7 Å². The summed E-state index contributed by atoms with van der Waals surface area (Å²) >= 11 is 0. The highest BCUT2D eigenvalue weighted by Crippen LogP contribution is 2.33. The van der Waals surface area contributed by atoms with E-state index in [1.165, 1.54) is 0 Å². The van der Waals surface area contributed by atoms with Crippen LogP contribution in [0.25, 0.3) is 0 Å². The quantitative estimate of drug-likeness (QED) is 0.920. The lowest BCUT2D eigenvalue weighted by molar-refractivity contribution is -0.137. The largest absolute Gasteiger partial charge is 0.493 e. The van der Waals surface area contributed by atoms with Crippen LogP contribution in [-0.2, 0) is 9.53 Å². The molecule has 0 spiro atoms. The van der Waals surface area contributed by atoms with Crippen LogP contribution in [0.15, 0.2) is 54.6 Å². The topological polar surface area (TPSA) is 56.8 Å². The van der Waals surface area contributed by atoms with Gasteiger partial charge in [0, 0.05) is 6.54 Å². The lowest BCUT2D eigenvalue weighted by Crippen LogP contribution is -2.46. The number of nitrogens with one attached hydrogen (secondary N) is 1. The molecule has 1 aliphatic heterocycles. The average Bonchev–Trinajstić information content (AvgIpc) is 2.61. The zero-order valence-corrected chi connectivity index (χ0v) is 12.9. The Bertz CT molecular complexity index is 649. The molecule has 2 aromatic rings. The van der Waals surface area contributed by atoms with Gasteiger partial charge in [-0.2, -0.15) is 0 Å². The van der Waals surface area contributed by atoms with Gasteiger partial charge >= 0.3 is 0 Å². The molecule has 2 atom stereocenters. The Balaban J connectivity index is 1.87. The lowest BCUT2D eigenvalue weighted by atomic mass is 10.0. The normalized spacial score (nSPS) is 18.8. The van der Waals surface area contributed by atoms with Gasteiger partial charge in [-0.25, -0.2) is 0 Å². The minimum atomic E-state index is -0.340. The Kier molecular flexibility index (Phi) is 4.78. The molecule has 5 heteroatoms. The highest BCUT2D eigenvalue weighted by molar-refractivity contribution is 5.77. The molecule has 0 aromatic heterocycles. The molecule has 0 unspecified atom stereocenters. The summed E-state index contributed by atoms with van der Waals surface area (Å²) < 4.78 is 17.2.